The van der Waals surface area contributed by atoms with Crippen molar-refractivity contribution in [2.75, 3.05) is 25.6 Å². The highest BCUT2D eigenvalue weighted by molar-refractivity contribution is 6.04. The number of pyridine rings is 1. The van der Waals surface area contributed by atoms with Gasteiger partial charge < -0.3 is 14.8 Å². The third-order valence-electron chi connectivity index (χ3n) is 6.19. The Morgan fingerprint density at radius 2 is 1.83 bits per heavy atom. The van der Waals surface area contributed by atoms with Crippen LogP contribution in [0.15, 0.2) is 73.1 Å². The van der Waals surface area contributed by atoms with Crippen molar-refractivity contribution in [1.82, 2.24) is 19.6 Å². The van der Waals surface area contributed by atoms with Crippen LogP contribution in [0.4, 0.5) is 23.4 Å². The maximum absolute atomic E-state index is 14.1. The van der Waals surface area contributed by atoms with Gasteiger partial charge in [-0.15, -0.1) is 0 Å². The van der Waals surface area contributed by atoms with Crippen molar-refractivity contribution in [2.24, 2.45) is 0 Å². The summed E-state index contributed by atoms with van der Waals surface area (Å²) < 4.78 is 66.0. The Morgan fingerprint density at radius 1 is 1.00 bits per heavy atom. The fourth-order valence-electron chi connectivity index (χ4n) is 4.20. The maximum Gasteiger partial charge on any atom is 0.416 e. The summed E-state index contributed by atoms with van der Waals surface area (Å²) in [6.45, 7) is 2.26. The molecule has 1 amide bonds. The van der Waals surface area contributed by atoms with Gasteiger partial charge in [0.25, 0.3) is 5.91 Å². The Hall–Kier alpha value is -4.84. The zero-order valence-corrected chi connectivity index (χ0v) is 21.9. The predicted octanol–water partition coefficient (Wildman–Crippen LogP) is 6.20. The first-order valence-electron chi connectivity index (χ1n) is 12.4. The molecule has 1 N–H and O–H groups in total. The number of nitrogens with one attached hydrogen (secondary N) is 1. The summed E-state index contributed by atoms with van der Waals surface area (Å²) >= 11 is 0. The van der Waals surface area contributed by atoms with Crippen LogP contribution in [0.3, 0.4) is 0 Å². The molecule has 0 spiro atoms. The van der Waals surface area contributed by atoms with Crippen molar-refractivity contribution in [1.29, 1.82) is 0 Å². The van der Waals surface area contributed by atoms with Gasteiger partial charge in [0.15, 0.2) is 11.4 Å². The van der Waals surface area contributed by atoms with E-state index in [9.17, 15) is 22.4 Å². The standard InChI is InChI=1S/C29H23F4N5O3/c1-17-14-18(6-7-22(17)30)25-26(38-27(37-25)23(9-11-35-38)41-13-12-40-2)19-8-10-34-24(16-19)36-28(39)20-4-3-5-21(15-20)29(31,32)33/h3-11,14-16H,12-13H2,1-2H3,(H,34,36,39). The molecule has 0 saturated carbocycles. The summed E-state index contributed by atoms with van der Waals surface area (Å²) in [6, 6.07) is 13.6. The van der Waals surface area contributed by atoms with E-state index in [0.717, 1.165) is 18.2 Å². The number of anilines is 1. The molecule has 3 aromatic heterocycles. The van der Waals surface area contributed by atoms with Crippen molar-refractivity contribution in [3.05, 3.63) is 95.6 Å². The molecule has 41 heavy (non-hydrogen) atoms. The Bertz CT molecular complexity index is 1740. The largest absolute Gasteiger partial charge is 0.487 e. The summed E-state index contributed by atoms with van der Waals surface area (Å²) in [5.41, 5.74) is 1.80. The molecular weight excluding hydrogens is 542 g/mol. The molecule has 0 atom stereocenters. The van der Waals surface area contributed by atoms with Gasteiger partial charge in [-0.3, -0.25) is 4.79 Å². The van der Waals surface area contributed by atoms with Gasteiger partial charge in [0.05, 0.1) is 24.1 Å². The molecule has 0 bridgehead atoms. The lowest BCUT2D eigenvalue weighted by molar-refractivity contribution is -0.137. The summed E-state index contributed by atoms with van der Waals surface area (Å²) in [6.07, 6.45) is -1.61. The molecule has 12 heteroatoms. The van der Waals surface area contributed by atoms with Gasteiger partial charge in [0.1, 0.15) is 23.9 Å². The summed E-state index contributed by atoms with van der Waals surface area (Å²) in [7, 11) is 1.56. The lowest BCUT2D eigenvalue weighted by atomic mass is 10.0. The number of hydrogen-bond donors (Lipinski definition) is 1. The fourth-order valence-corrected chi connectivity index (χ4v) is 4.20. The number of benzene rings is 2. The number of imidazole rings is 1. The minimum absolute atomic E-state index is 0.0913. The molecule has 0 aliphatic carbocycles. The first kappa shape index (κ1) is 27.7. The highest BCUT2D eigenvalue weighted by atomic mass is 19.4. The number of carbonyl (C=O) groups is 1. The molecule has 8 nitrogen and oxygen atoms in total. The van der Waals surface area contributed by atoms with E-state index in [1.165, 1.54) is 24.5 Å². The van der Waals surface area contributed by atoms with Crippen LogP contribution in [0.1, 0.15) is 21.5 Å². The quantitative estimate of drug-likeness (QED) is 0.178. The number of amides is 1. The van der Waals surface area contributed by atoms with Gasteiger partial charge >= 0.3 is 6.18 Å². The van der Waals surface area contributed by atoms with E-state index in [2.05, 4.69) is 15.4 Å². The molecule has 5 rings (SSSR count). The van der Waals surface area contributed by atoms with Crippen LogP contribution in [0.2, 0.25) is 0 Å². The Morgan fingerprint density at radius 3 is 2.59 bits per heavy atom. The van der Waals surface area contributed by atoms with Gasteiger partial charge in [0, 0.05) is 36.1 Å². The van der Waals surface area contributed by atoms with Crippen LogP contribution in [0.25, 0.3) is 28.2 Å². The minimum Gasteiger partial charge on any atom is -0.487 e. The van der Waals surface area contributed by atoms with E-state index < -0.39 is 17.6 Å². The summed E-state index contributed by atoms with van der Waals surface area (Å²) in [4.78, 5) is 21.8. The van der Waals surface area contributed by atoms with Crippen LogP contribution in [-0.2, 0) is 10.9 Å². The van der Waals surface area contributed by atoms with Crippen molar-refractivity contribution in [2.45, 2.75) is 13.1 Å². The van der Waals surface area contributed by atoms with E-state index >= 15 is 0 Å². The van der Waals surface area contributed by atoms with Crippen LogP contribution in [0.5, 0.6) is 5.75 Å². The van der Waals surface area contributed by atoms with Crippen LogP contribution >= 0.6 is 0 Å². The van der Waals surface area contributed by atoms with E-state index in [1.807, 2.05) is 0 Å². The average Bonchev–Trinajstić information content (AvgIpc) is 3.35. The first-order valence-corrected chi connectivity index (χ1v) is 12.4. The lowest BCUT2D eigenvalue weighted by Gasteiger charge is -2.11. The normalized spacial score (nSPS) is 11.6. The van der Waals surface area contributed by atoms with Gasteiger partial charge in [0.2, 0.25) is 0 Å². The second-order valence-corrected chi connectivity index (χ2v) is 9.01. The molecule has 0 radical (unpaired) electrons. The molecule has 0 saturated heterocycles. The molecular formula is C29H23F4N5O3. The average molecular weight is 566 g/mol. The van der Waals surface area contributed by atoms with Crippen LogP contribution < -0.4 is 10.1 Å². The molecule has 2 aromatic carbocycles. The van der Waals surface area contributed by atoms with Crippen molar-refractivity contribution >= 4 is 17.4 Å². The zero-order chi connectivity index (χ0) is 29.1. The van der Waals surface area contributed by atoms with Crippen molar-refractivity contribution in [3.63, 3.8) is 0 Å². The van der Waals surface area contributed by atoms with Gasteiger partial charge in [-0.2, -0.15) is 18.3 Å². The molecule has 0 fully saturated rings. The second kappa shape index (κ2) is 11.3. The highest BCUT2D eigenvalue weighted by Gasteiger charge is 2.31. The van der Waals surface area contributed by atoms with Crippen molar-refractivity contribution < 1.29 is 31.8 Å². The van der Waals surface area contributed by atoms with E-state index in [0.29, 0.717) is 46.1 Å². The minimum atomic E-state index is -4.59. The maximum atomic E-state index is 14.1. The van der Waals surface area contributed by atoms with Crippen molar-refractivity contribution in [3.8, 4) is 28.3 Å². The Balaban J connectivity index is 1.58. The number of halogens is 4. The molecule has 210 valence electrons. The SMILES string of the molecule is COCCOc1ccnn2c(-c3ccnc(NC(=O)c4cccc(C(F)(F)F)c4)c3)c(-c3ccc(F)c(C)c3)nc12. The Labute approximate surface area is 231 Å². The number of nitrogens with zero attached hydrogens (tertiary/aromatic N) is 4. The molecule has 5 aromatic rings. The lowest BCUT2D eigenvalue weighted by Crippen LogP contribution is -2.14. The number of aryl methyl sites for hydroxylation is 1. The first-order chi connectivity index (χ1) is 19.7. The van der Waals surface area contributed by atoms with E-state index in [4.69, 9.17) is 14.5 Å². The second-order valence-electron chi connectivity index (χ2n) is 9.01. The van der Waals surface area contributed by atoms with Gasteiger partial charge in [-0.05, 0) is 61.0 Å². The fraction of sp³-hybridized carbons (Fsp3) is 0.172. The van der Waals surface area contributed by atoms with Gasteiger partial charge in [-0.1, -0.05) is 6.07 Å². The van der Waals surface area contributed by atoms with E-state index in [-0.39, 0.29) is 23.8 Å². The molecule has 0 aliphatic rings. The number of rotatable bonds is 8. The number of ether oxygens (including phenoxy) is 2. The number of fused-ring (bicyclic) bond motifs is 1. The number of hydrogen-bond acceptors (Lipinski definition) is 6. The monoisotopic (exact) mass is 565 g/mol. The third-order valence-corrected chi connectivity index (χ3v) is 6.19. The summed E-state index contributed by atoms with van der Waals surface area (Å²) in [5, 5.41) is 7.01. The number of aromatic nitrogens is 4. The zero-order valence-electron chi connectivity index (χ0n) is 21.9. The number of carbonyl (C=O) groups excluding carboxylic acids is 1. The Kier molecular flexibility index (Phi) is 7.66. The smallest absolute Gasteiger partial charge is 0.416 e. The summed E-state index contributed by atoms with van der Waals surface area (Å²) in [5.74, 6) is -0.603. The predicted molar refractivity (Wildman–Crippen MR) is 143 cm³/mol. The van der Waals surface area contributed by atoms with Gasteiger partial charge in [-0.25, -0.2) is 18.9 Å². The van der Waals surface area contributed by atoms with E-state index in [1.54, 1.807) is 48.9 Å². The highest BCUT2D eigenvalue weighted by Crippen LogP contribution is 2.36. The number of methoxy groups -OCH3 is 1. The topological polar surface area (TPSA) is 90.6 Å². The molecule has 0 aliphatic heterocycles. The van der Waals surface area contributed by atoms with Crippen LogP contribution in [-0.4, -0.2) is 45.8 Å². The number of alkyl halides is 3. The van der Waals surface area contributed by atoms with Crippen LogP contribution in [0, 0.1) is 12.7 Å². The third kappa shape index (κ3) is 5.87. The molecule has 0 unspecified atom stereocenters. The molecule has 3 heterocycles.